The van der Waals surface area contributed by atoms with Crippen molar-refractivity contribution >= 4 is 17.4 Å². The number of methoxy groups -OCH3 is 1. The Balaban J connectivity index is 1.44. The van der Waals surface area contributed by atoms with E-state index >= 15 is 0 Å². The molecule has 0 aliphatic carbocycles. The molecule has 0 fully saturated rings. The number of amides is 1. The lowest BCUT2D eigenvalue weighted by atomic mass is 10.1. The monoisotopic (exact) mass is 467 g/mol. The fourth-order valence-corrected chi connectivity index (χ4v) is 3.58. The summed E-state index contributed by atoms with van der Waals surface area (Å²) in [6, 6.07) is 16.8. The van der Waals surface area contributed by atoms with Crippen molar-refractivity contribution in [3.63, 3.8) is 0 Å². The van der Waals surface area contributed by atoms with Crippen molar-refractivity contribution < 1.29 is 23.0 Å². The molecular weight excluding hydrogens is 448 g/mol. The molecule has 0 spiro atoms. The molecule has 0 radical (unpaired) electrons. The molecular formula is C24H19F2N3O3S. The van der Waals surface area contributed by atoms with Crippen molar-refractivity contribution in [2.75, 3.05) is 7.11 Å². The summed E-state index contributed by atoms with van der Waals surface area (Å²) in [5.41, 5.74) is 2.01. The van der Waals surface area contributed by atoms with Crippen LogP contribution in [-0.4, -0.2) is 22.4 Å². The first kappa shape index (κ1) is 22.3. The maximum absolute atomic E-state index is 13.1. The van der Waals surface area contributed by atoms with E-state index in [1.807, 2.05) is 0 Å². The molecule has 9 heteroatoms. The summed E-state index contributed by atoms with van der Waals surface area (Å²) < 4.78 is 41.6. The number of halogens is 2. The molecule has 0 bridgehead atoms. The van der Waals surface area contributed by atoms with Gasteiger partial charge in [0, 0.05) is 30.1 Å². The van der Waals surface area contributed by atoms with Crippen LogP contribution in [0.1, 0.15) is 27.3 Å². The first-order valence-corrected chi connectivity index (χ1v) is 10.7. The van der Waals surface area contributed by atoms with E-state index in [9.17, 15) is 13.6 Å². The quantitative estimate of drug-likeness (QED) is 0.389. The third-order valence-electron chi connectivity index (χ3n) is 4.71. The highest BCUT2D eigenvalue weighted by atomic mass is 32.1. The van der Waals surface area contributed by atoms with E-state index in [1.54, 1.807) is 42.5 Å². The largest absolute Gasteiger partial charge is 0.493 e. The molecule has 0 aliphatic heterocycles. The van der Waals surface area contributed by atoms with E-state index < -0.39 is 0 Å². The molecule has 4 aromatic rings. The van der Waals surface area contributed by atoms with Crippen LogP contribution in [0.25, 0.3) is 0 Å². The van der Waals surface area contributed by atoms with Crippen molar-refractivity contribution in [1.29, 1.82) is 0 Å². The second-order valence-electron chi connectivity index (χ2n) is 7.06. The second kappa shape index (κ2) is 10.2. The minimum Gasteiger partial charge on any atom is -0.493 e. The van der Waals surface area contributed by atoms with Gasteiger partial charge in [0.25, 0.3) is 11.1 Å². The van der Waals surface area contributed by atoms with Crippen molar-refractivity contribution in [3.05, 3.63) is 101 Å². The van der Waals surface area contributed by atoms with Gasteiger partial charge in [-0.05, 0) is 53.6 Å². The number of carbonyl (C=O) groups is 1. The molecule has 6 nitrogen and oxygen atoms in total. The van der Waals surface area contributed by atoms with Crippen molar-refractivity contribution in [2.45, 2.75) is 13.0 Å². The minimum absolute atomic E-state index is 0.254. The van der Waals surface area contributed by atoms with Gasteiger partial charge in [-0.1, -0.05) is 24.3 Å². The van der Waals surface area contributed by atoms with Crippen LogP contribution >= 0.6 is 11.5 Å². The highest BCUT2D eigenvalue weighted by Crippen LogP contribution is 2.33. The Kier molecular flexibility index (Phi) is 6.89. The first-order chi connectivity index (χ1) is 16.0. The SMILES string of the molecule is COc1ccc(C(=O)NCc2ccc(F)cc2)cc1Oc1nc(Cc2ccc(F)cc2)ns1. The van der Waals surface area contributed by atoms with Crippen molar-refractivity contribution in [2.24, 2.45) is 0 Å². The van der Waals surface area contributed by atoms with E-state index in [-0.39, 0.29) is 29.3 Å². The number of ether oxygens (including phenoxy) is 2. The zero-order valence-electron chi connectivity index (χ0n) is 17.5. The molecule has 0 aliphatic rings. The Morgan fingerprint density at radius 2 is 1.61 bits per heavy atom. The minimum atomic E-state index is -0.334. The number of carbonyl (C=O) groups excluding carboxylic acids is 1. The highest BCUT2D eigenvalue weighted by molar-refractivity contribution is 7.07. The molecule has 0 saturated carbocycles. The van der Waals surface area contributed by atoms with E-state index in [4.69, 9.17) is 9.47 Å². The molecule has 1 heterocycles. The van der Waals surface area contributed by atoms with Crippen LogP contribution in [0, 0.1) is 11.6 Å². The third-order valence-corrected chi connectivity index (χ3v) is 5.35. The summed E-state index contributed by atoms with van der Waals surface area (Å²) in [6.07, 6.45) is 0.434. The van der Waals surface area contributed by atoms with Crippen LogP contribution in [0.3, 0.4) is 0 Å². The summed E-state index contributed by atoms with van der Waals surface area (Å²) >= 11 is 1.06. The maximum atomic E-state index is 13.1. The third kappa shape index (κ3) is 5.89. The highest BCUT2D eigenvalue weighted by Gasteiger charge is 2.15. The summed E-state index contributed by atoms with van der Waals surface area (Å²) in [7, 11) is 1.50. The van der Waals surface area contributed by atoms with Crippen LogP contribution in [0.2, 0.25) is 0 Å². The topological polar surface area (TPSA) is 73.3 Å². The molecule has 1 amide bonds. The maximum Gasteiger partial charge on any atom is 0.298 e. The summed E-state index contributed by atoms with van der Waals surface area (Å²) in [6.45, 7) is 0.254. The van der Waals surface area contributed by atoms with Crippen LogP contribution in [0.5, 0.6) is 16.7 Å². The van der Waals surface area contributed by atoms with Crippen molar-refractivity contribution in [3.8, 4) is 16.7 Å². The lowest BCUT2D eigenvalue weighted by Crippen LogP contribution is -2.22. The van der Waals surface area contributed by atoms with Crippen LogP contribution < -0.4 is 14.8 Å². The zero-order valence-corrected chi connectivity index (χ0v) is 18.4. The van der Waals surface area contributed by atoms with Gasteiger partial charge in [0.2, 0.25) is 0 Å². The Bertz CT molecular complexity index is 1240. The average molecular weight is 467 g/mol. The predicted octanol–water partition coefficient (Wildman–Crippen LogP) is 5.14. The van der Waals surface area contributed by atoms with Gasteiger partial charge in [0.05, 0.1) is 7.11 Å². The number of rotatable bonds is 8. The molecule has 168 valence electrons. The normalized spacial score (nSPS) is 10.6. The van der Waals surface area contributed by atoms with Gasteiger partial charge >= 0.3 is 0 Å². The Hall–Kier alpha value is -3.85. The van der Waals surface area contributed by atoms with Gasteiger partial charge < -0.3 is 14.8 Å². The van der Waals surface area contributed by atoms with Gasteiger partial charge in [0.15, 0.2) is 17.3 Å². The van der Waals surface area contributed by atoms with Gasteiger partial charge in [-0.25, -0.2) is 8.78 Å². The summed E-state index contributed by atoms with van der Waals surface area (Å²) in [5, 5.41) is 3.08. The van der Waals surface area contributed by atoms with Crippen molar-refractivity contribution in [1.82, 2.24) is 14.7 Å². The van der Waals surface area contributed by atoms with Gasteiger partial charge in [-0.2, -0.15) is 9.36 Å². The van der Waals surface area contributed by atoms with E-state index in [2.05, 4.69) is 14.7 Å². The van der Waals surface area contributed by atoms with Crippen LogP contribution in [-0.2, 0) is 13.0 Å². The van der Waals surface area contributed by atoms with E-state index in [1.165, 1.54) is 31.4 Å². The Labute approximate surface area is 193 Å². The number of aromatic nitrogens is 2. The van der Waals surface area contributed by atoms with E-state index in [0.717, 1.165) is 22.7 Å². The van der Waals surface area contributed by atoms with Crippen LogP contribution in [0.4, 0.5) is 8.78 Å². The second-order valence-corrected chi connectivity index (χ2v) is 7.77. The summed E-state index contributed by atoms with van der Waals surface area (Å²) in [4.78, 5) is 16.9. The average Bonchev–Trinajstić information content (AvgIpc) is 3.26. The molecule has 1 N–H and O–H groups in total. The standard InChI is InChI=1S/C24H19F2N3O3S/c1-31-20-11-6-17(23(30)27-14-16-4-9-19(26)10-5-16)13-21(20)32-24-28-22(29-33-24)12-15-2-7-18(25)8-3-15/h2-11,13H,12,14H2,1H3,(H,27,30). The molecule has 33 heavy (non-hydrogen) atoms. The first-order valence-electron chi connectivity index (χ1n) is 9.96. The lowest BCUT2D eigenvalue weighted by Gasteiger charge is -2.10. The predicted molar refractivity (Wildman–Crippen MR) is 120 cm³/mol. The fraction of sp³-hybridized carbons (Fsp3) is 0.125. The van der Waals surface area contributed by atoms with Gasteiger partial charge in [-0.3, -0.25) is 4.79 Å². The number of hydrogen-bond acceptors (Lipinski definition) is 6. The molecule has 4 rings (SSSR count). The molecule has 0 unspecified atom stereocenters. The Morgan fingerprint density at radius 1 is 0.939 bits per heavy atom. The Morgan fingerprint density at radius 3 is 2.27 bits per heavy atom. The lowest BCUT2D eigenvalue weighted by molar-refractivity contribution is 0.0950. The molecule has 1 aromatic heterocycles. The molecule has 0 saturated heterocycles. The van der Waals surface area contributed by atoms with Gasteiger partial charge in [0.1, 0.15) is 11.6 Å². The summed E-state index contributed by atoms with van der Waals surface area (Å²) in [5.74, 6) is 0.328. The fourth-order valence-electron chi connectivity index (χ4n) is 3.01. The number of nitrogens with one attached hydrogen (secondary N) is 1. The van der Waals surface area contributed by atoms with E-state index in [0.29, 0.717) is 29.3 Å². The molecule has 3 aromatic carbocycles. The van der Waals surface area contributed by atoms with Crippen LogP contribution in [0.15, 0.2) is 66.7 Å². The zero-order chi connectivity index (χ0) is 23.2. The smallest absolute Gasteiger partial charge is 0.298 e. The number of nitrogens with zero attached hydrogens (tertiary/aromatic N) is 2. The number of benzene rings is 3. The number of hydrogen-bond donors (Lipinski definition) is 1. The van der Waals surface area contributed by atoms with Gasteiger partial charge in [-0.15, -0.1) is 0 Å². The molecule has 0 atom stereocenters.